The number of carbonyl (C=O) groups is 1. The molecule has 0 fully saturated rings. The Morgan fingerprint density at radius 1 is 1.47 bits per heavy atom. The van der Waals surface area contributed by atoms with E-state index in [2.05, 4.69) is 0 Å². The number of hydrogen-bond acceptors (Lipinski definition) is 3. The van der Waals surface area contributed by atoms with Gasteiger partial charge in [0.25, 0.3) is 0 Å². The molecule has 0 saturated carbocycles. The lowest BCUT2D eigenvalue weighted by atomic mass is 10.2. The summed E-state index contributed by atoms with van der Waals surface area (Å²) in [6.07, 6.45) is 1.19. The van der Waals surface area contributed by atoms with E-state index < -0.39 is 6.09 Å². The molecule has 0 aliphatic heterocycles. The van der Waals surface area contributed by atoms with E-state index in [0.717, 1.165) is 5.56 Å². The quantitative estimate of drug-likeness (QED) is 0.450. The highest BCUT2D eigenvalue weighted by atomic mass is 35.5. The van der Waals surface area contributed by atoms with Crippen LogP contribution in [0.3, 0.4) is 0 Å². The summed E-state index contributed by atoms with van der Waals surface area (Å²) in [5.41, 5.74) is 1.06. The molecule has 0 aliphatic carbocycles. The number of rotatable bonds is 3. The molecular weight excluding hydrogens is 216 g/mol. The van der Waals surface area contributed by atoms with Crippen LogP contribution in [0.15, 0.2) is 30.3 Å². The minimum absolute atomic E-state index is 0.202. The average molecular weight is 225 g/mol. The summed E-state index contributed by atoms with van der Waals surface area (Å²) in [5.74, 6) is 0. The summed E-state index contributed by atoms with van der Waals surface area (Å²) in [5, 5.41) is 8.26. The van der Waals surface area contributed by atoms with Gasteiger partial charge in [0.2, 0.25) is 6.19 Å². The van der Waals surface area contributed by atoms with Crippen molar-refractivity contribution in [3.63, 3.8) is 0 Å². The van der Waals surface area contributed by atoms with Gasteiger partial charge in [-0.2, -0.15) is 5.26 Å². The molecule has 4 nitrogen and oxygen atoms in total. The van der Waals surface area contributed by atoms with Gasteiger partial charge in [-0.05, 0) is 5.56 Å². The molecule has 1 aromatic carbocycles. The third kappa shape index (κ3) is 3.88. The first-order valence-corrected chi connectivity index (χ1v) is 4.64. The molecule has 78 valence electrons. The van der Waals surface area contributed by atoms with Gasteiger partial charge in [0.15, 0.2) is 0 Å². The van der Waals surface area contributed by atoms with Gasteiger partial charge in [-0.25, -0.2) is 4.79 Å². The van der Waals surface area contributed by atoms with Crippen LogP contribution in [-0.2, 0) is 11.2 Å². The van der Waals surface area contributed by atoms with Crippen LogP contribution in [0, 0.1) is 11.5 Å². The van der Waals surface area contributed by atoms with E-state index in [1.165, 1.54) is 6.19 Å². The third-order valence-corrected chi connectivity index (χ3v) is 1.92. The van der Waals surface area contributed by atoms with Crippen molar-refractivity contribution in [2.24, 2.45) is 0 Å². The first-order chi connectivity index (χ1) is 7.24. The second kappa shape index (κ2) is 5.89. The van der Waals surface area contributed by atoms with Crippen molar-refractivity contribution < 1.29 is 9.53 Å². The highest BCUT2D eigenvalue weighted by molar-refractivity contribution is 6.21. The smallest absolute Gasteiger partial charge is 0.438 e. The summed E-state index contributed by atoms with van der Waals surface area (Å²) in [6, 6.07) is 9.57. The van der Waals surface area contributed by atoms with Gasteiger partial charge in [-0.1, -0.05) is 30.3 Å². The lowest BCUT2D eigenvalue weighted by molar-refractivity contribution is 0.137. The number of ether oxygens (including phenoxy) is 1. The van der Waals surface area contributed by atoms with Crippen LogP contribution < -0.4 is 0 Å². The predicted molar refractivity (Wildman–Crippen MR) is 54.8 cm³/mol. The highest BCUT2D eigenvalue weighted by Crippen LogP contribution is 2.01. The lowest BCUT2D eigenvalue weighted by Gasteiger charge is -2.05. The summed E-state index contributed by atoms with van der Waals surface area (Å²) in [6.45, 7) is 0.202. The molecule has 0 heterocycles. The Hall–Kier alpha value is -1.73. The summed E-state index contributed by atoms with van der Waals surface area (Å²) in [4.78, 5) is 10.9. The van der Waals surface area contributed by atoms with E-state index in [0.29, 0.717) is 10.8 Å². The molecule has 0 saturated heterocycles. The standard InChI is InChI=1S/C10H9ClN2O2/c11-13(8-12)10(14)15-7-6-9-4-2-1-3-5-9/h1-5H,6-7H2. The number of benzene rings is 1. The highest BCUT2D eigenvalue weighted by Gasteiger charge is 2.10. The Kier molecular flexibility index (Phi) is 4.45. The zero-order valence-electron chi connectivity index (χ0n) is 7.89. The molecule has 0 bridgehead atoms. The molecule has 5 heteroatoms. The minimum atomic E-state index is -0.852. The first-order valence-electron chi connectivity index (χ1n) is 4.30. The van der Waals surface area contributed by atoms with Crippen LogP contribution in [0.5, 0.6) is 0 Å². The molecule has 0 atom stereocenters. The van der Waals surface area contributed by atoms with Crippen molar-refractivity contribution in [3.8, 4) is 6.19 Å². The molecule has 0 N–H and O–H groups in total. The van der Waals surface area contributed by atoms with Gasteiger partial charge < -0.3 is 4.74 Å². The number of halogens is 1. The van der Waals surface area contributed by atoms with Crippen molar-refractivity contribution in [1.29, 1.82) is 5.26 Å². The number of nitrogens with zero attached hydrogens (tertiary/aromatic N) is 2. The molecule has 0 aliphatic rings. The van der Waals surface area contributed by atoms with E-state index in [-0.39, 0.29) is 6.61 Å². The van der Waals surface area contributed by atoms with Crippen molar-refractivity contribution in [2.75, 3.05) is 6.61 Å². The van der Waals surface area contributed by atoms with Crippen LogP contribution in [0.1, 0.15) is 5.56 Å². The first kappa shape index (κ1) is 11.3. The second-order valence-electron chi connectivity index (χ2n) is 2.73. The molecule has 15 heavy (non-hydrogen) atoms. The Bertz CT molecular complexity index is 361. The Morgan fingerprint density at radius 3 is 2.73 bits per heavy atom. The fourth-order valence-electron chi connectivity index (χ4n) is 0.998. The summed E-state index contributed by atoms with van der Waals surface area (Å²) in [7, 11) is 0. The SMILES string of the molecule is N#CN(Cl)C(=O)OCCc1ccccc1. The van der Waals surface area contributed by atoms with Gasteiger partial charge in [0.1, 0.15) is 0 Å². The number of nitriles is 1. The number of amides is 1. The number of carbonyl (C=O) groups excluding carboxylic acids is 1. The van der Waals surface area contributed by atoms with Gasteiger partial charge in [0.05, 0.1) is 6.61 Å². The van der Waals surface area contributed by atoms with Crippen LogP contribution in [0.4, 0.5) is 4.79 Å². The third-order valence-electron chi connectivity index (χ3n) is 1.71. The van der Waals surface area contributed by atoms with E-state index in [1.54, 1.807) is 0 Å². The second-order valence-corrected chi connectivity index (χ2v) is 3.07. The fourth-order valence-corrected chi connectivity index (χ4v) is 1.05. The van der Waals surface area contributed by atoms with Crippen molar-refractivity contribution in [3.05, 3.63) is 35.9 Å². The van der Waals surface area contributed by atoms with Crippen LogP contribution >= 0.6 is 11.8 Å². The topological polar surface area (TPSA) is 53.3 Å². The molecule has 0 aromatic heterocycles. The van der Waals surface area contributed by atoms with Crippen LogP contribution in [0.25, 0.3) is 0 Å². The van der Waals surface area contributed by atoms with E-state index in [4.69, 9.17) is 21.8 Å². The maximum absolute atomic E-state index is 10.9. The van der Waals surface area contributed by atoms with Gasteiger partial charge in [0, 0.05) is 18.2 Å². The molecule has 0 radical (unpaired) electrons. The zero-order chi connectivity index (χ0) is 11.1. The van der Waals surface area contributed by atoms with Crippen molar-refractivity contribution >= 4 is 17.9 Å². The predicted octanol–water partition coefficient (Wildman–Crippen LogP) is 2.30. The summed E-state index contributed by atoms with van der Waals surface area (Å²) < 4.78 is 5.06. The van der Waals surface area contributed by atoms with E-state index >= 15 is 0 Å². The molecule has 1 amide bonds. The largest absolute Gasteiger partial charge is 0.447 e. The normalized spacial score (nSPS) is 9.07. The summed E-state index contributed by atoms with van der Waals surface area (Å²) >= 11 is 5.20. The Morgan fingerprint density at radius 2 is 2.13 bits per heavy atom. The van der Waals surface area contributed by atoms with Crippen molar-refractivity contribution in [1.82, 2.24) is 4.42 Å². The van der Waals surface area contributed by atoms with Gasteiger partial charge in [-0.3, -0.25) is 0 Å². The molecular formula is C10H9ClN2O2. The van der Waals surface area contributed by atoms with Gasteiger partial charge in [-0.15, -0.1) is 4.42 Å². The van der Waals surface area contributed by atoms with Crippen LogP contribution in [-0.4, -0.2) is 17.1 Å². The maximum Gasteiger partial charge on any atom is 0.438 e. The lowest BCUT2D eigenvalue weighted by Crippen LogP contribution is -2.18. The monoisotopic (exact) mass is 224 g/mol. The minimum Gasteiger partial charge on any atom is -0.447 e. The molecule has 0 unspecified atom stereocenters. The van der Waals surface area contributed by atoms with Crippen molar-refractivity contribution in [2.45, 2.75) is 6.42 Å². The zero-order valence-corrected chi connectivity index (χ0v) is 8.65. The average Bonchev–Trinajstić information content (AvgIpc) is 2.29. The van der Waals surface area contributed by atoms with E-state index in [9.17, 15) is 4.79 Å². The Labute approximate surface area is 92.7 Å². The van der Waals surface area contributed by atoms with Crippen LogP contribution in [0.2, 0.25) is 0 Å². The molecule has 1 rings (SSSR count). The van der Waals surface area contributed by atoms with Gasteiger partial charge >= 0.3 is 6.09 Å². The number of hydrogen-bond donors (Lipinski definition) is 0. The Balaban J connectivity index is 2.29. The fraction of sp³-hybridized carbons (Fsp3) is 0.200. The molecule has 1 aromatic rings. The van der Waals surface area contributed by atoms with E-state index in [1.807, 2.05) is 30.3 Å². The molecule has 0 spiro atoms. The maximum atomic E-state index is 10.9.